The summed E-state index contributed by atoms with van der Waals surface area (Å²) in [5, 5.41) is 0.679. The summed E-state index contributed by atoms with van der Waals surface area (Å²) in [6, 6.07) is 9.75. The highest BCUT2D eigenvalue weighted by Crippen LogP contribution is 2.30. The molecular weight excluding hydrogens is 285 g/mol. The Morgan fingerprint density at radius 2 is 1.89 bits per heavy atom. The molecule has 0 atom stereocenters. The molecule has 0 saturated carbocycles. The van der Waals surface area contributed by atoms with Crippen LogP contribution in [0.2, 0.25) is 10.0 Å². The zero-order chi connectivity index (χ0) is 14.0. The number of ether oxygens (including phenoxy) is 1. The fraction of sp³-hybridized carbons (Fsp3) is 0.0714. The average Bonchev–Trinajstić information content (AvgIpc) is 2.41. The van der Waals surface area contributed by atoms with Gasteiger partial charge in [-0.3, -0.25) is 4.79 Å². The van der Waals surface area contributed by atoms with Crippen LogP contribution >= 0.6 is 23.2 Å². The van der Waals surface area contributed by atoms with E-state index in [0.29, 0.717) is 27.6 Å². The van der Waals surface area contributed by atoms with Gasteiger partial charge >= 0.3 is 0 Å². The number of hydrogen-bond donors (Lipinski definition) is 1. The van der Waals surface area contributed by atoms with E-state index in [2.05, 4.69) is 0 Å². The van der Waals surface area contributed by atoms with Crippen molar-refractivity contribution in [3.05, 3.63) is 57.6 Å². The lowest BCUT2D eigenvalue weighted by Gasteiger charge is -2.10. The highest BCUT2D eigenvalue weighted by Gasteiger charge is 2.18. The first-order chi connectivity index (χ1) is 9.04. The van der Waals surface area contributed by atoms with Gasteiger partial charge in [0.15, 0.2) is 5.78 Å². The second-order valence-corrected chi connectivity index (χ2v) is 4.70. The van der Waals surface area contributed by atoms with Crippen molar-refractivity contribution in [1.82, 2.24) is 0 Å². The van der Waals surface area contributed by atoms with Crippen molar-refractivity contribution in [1.29, 1.82) is 0 Å². The molecule has 98 valence electrons. The third-order valence-electron chi connectivity index (χ3n) is 2.68. The quantitative estimate of drug-likeness (QED) is 0.692. The number of ketones is 1. The van der Waals surface area contributed by atoms with Gasteiger partial charge in [-0.2, -0.15) is 0 Å². The van der Waals surface area contributed by atoms with E-state index in [-0.39, 0.29) is 10.8 Å². The van der Waals surface area contributed by atoms with Gasteiger partial charge in [-0.1, -0.05) is 29.3 Å². The lowest BCUT2D eigenvalue weighted by atomic mass is 10.0. The second kappa shape index (κ2) is 5.51. The van der Waals surface area contributed by atoms with E-state index in [9.17, 15) is 4.79 Å². The predicted molar refractivity (Wildman–Crippen MR) is 77.3 cm³/mol. The number of nitrogen functional groups attached to an aromatic ring is 1. The van der Waals surface area contributed by atoms with E-state index in [1.165, 1.54) is 7.11 Å². The van der Waals surface area contributed by atoms with Crippen LogP contribution in [0, 0.1) is 0 Å². The summed E-state index contributed by atoms with van der Waals surface area (Å²) in [5.41, 5.74) is 6.72. The van der Waals surface area contributed by atoms with E-state index in [4.69, 9.17) is 33.7 Å². The monoisotopic (exact) mass is 295 g/mol. The van der Waals surface area contributed by atoms with Gasteiger partial charge in [0.25, 0.3) is 0 Å². The first kappa shape index (κ1) is 13.7. The minimum absolute atomic E-state index is 0.231. The smallest absolute Gasteiger partial charge is 0.198 e. The zero-order valence-corrected chi connectivity index (χ0v) is 11.6. The first-order valence-electron chi connectivity index (χ1n) is 5.47. The number of carbonyl (C=O) groups is 1. The van der Waals surface area contributed by atoms with Crippen LogP contribution in [0.4, 0.5) is 5.69 Å². The Morgan fingerprint density at radius 3 is 2.58 bits per heavy atom. The zero-order valence-electron chi connectivity index (χ0n) is 10.1. The molecule has 0 bridgehead atoms. The van der Waals surface area contributed by atoms with Crippen LogP contribution in [0.1, 0.15) is 15.9 Å². The predicted octanol–water partition coefficient (Wildman–Crippen LogP) is 3.82. The maximum Gasteiger partial charge on any atom is 0.198 e. The molecule has 0 aliphatic rings. The van der Waals surface area contributed by atoms with Crippen LogP contribution in [0.5, 0.6) is 5.75 Å². The largest absolute Gasteiger partial charge is 0.496 e. The molecule has 5 heteroatoms. The summed E-state index contributed by atoms with van der Waals surface area (Å²) in [5.74, 6) is 0.157. The Morgan fingerprint density at radius 1 is 1.16 bits per heavy atom. The van der Waals surface area contributed by atoms with Crippen LogP contribution in [0.15, 0.2) is 36.4 Å². The molecule has 0 saturated heterocycles. The number of hydrogen-bond acceptors (Lipinski definition) is 3. The summed E-state index contributed by atoms with van der Waals surface area (Å²) in [6.45, 7) is 0. The van der Waals surface area contributed by atoms with Crippen LogP contribution in [0.25, 0.3) is 0 Å². The number of halogens is 2. The van der Waals surface area contributed by atoms with E-state index < -0.39 is 0 Å². The van der Waals surface area contributed by atoms with Crippen LogP contribution in [-0.2, 0) is 0 Å². The number of carbonyl (C=O) groups excluding carboxylic acids is 1. The maximum absolute atomic E-state index is 12.5. The molecular formula is C14H11Cl2NO2. The summed E-state index contributed by atoms with van der Waals surface area (Å²) >= 11 is 12.0. The summed E-state index contributed by atoms with van der Waals surface area (Å²) in [7, 11) is 1.49. The third kappa shape index (κ3) is 2.67. The lowest BCUT2D eigenvalue weighted by molar-refractivity contribution is 0.103. The normalized spacial score (nSPS) is 10.3. The number of nitrogens with two attached hydrogens (primary N) is 1. The average molecular weight is 296 g/mol. The lowest BCUT2D eigenvalue weighted by Crippen LogP contribution is -2.06. The van der Waals surface area contributed by atoms with Crippen molar-refractivity contribution >= 4 is 34.7 Å². The fourth-order valence-corrected chi connectivity index (χ4v) is 2.11. The van der Waals surface area contributed by atoms with Crippen LogP contribution in [-0.4, -0.2) is 12.9 Å². The van der Waals surface area contributed by atoms with Crippen molar-refractivity contribution in [3.63, 3.8) is 0 Å². The summed E-state index contributed by atoms with van der Waals surface area (Å²) in [6.07, 6.45) is 0. The molecule has 0 fully saturated rings. The molecule has 0 radical (unpaired) electrons. The number of rotatable bonds is 3. The Balaban J connectivity index is 2.56. The topological polar surface area (TPSA) is 52.3 Å². The van der Waals surface area contributed by atoms with Crippen LogP contribution in [0.3, 0.4) is 0 Å². The molecule has 0 spiro atoms. The van der Waals surface area contributed by atoms with Crippen molar-refractivity contribution < 1.29 is 9.53 Å². The Hall–Kier alpha value is -1.71. The van der Waals surface area contributed by atoms with Gasteiger partial charge in [-0.15, -0.1) is 0 Å². The highest BCUT2D eigenvalue weighted by molar-refractivity contribution is 6.37. The summed E-state index contributed by atoms with van der Waals surface area (Å²) < 4.78 is 5.16. The molecule has 19 heavy (non-hydrogen) atoms. The van der Waals surface area contributed by atoms with E-state index >= 15 is 0 Å². The maximum atomic E-state index is 12.5. The molecule has 0 aliphatic heterocycles. The second-order valence-electron chi connectivity index (χ2n) is 3.88. The molecule has 0 aromatic heterocycles. The van der Waals surface area contributed by atoms with E-state index in [0.717, 1.165) is 0 Å². The Labute approximate surface area is 120 Å². The van der Waals surface area contributed by atoms with E-state index in [1.54, 1.807) is 36.4 Å². The fourth-order valence-electron chi connectivity index (χ4n) is 1.73. The molecule has 0 unspecified atom stereocenters. The standard InChI is InChI=1S/C14H11Cl2NO2/c1-19-12-6-5-8(15)7-10(12)14(18)9-3-2-4-11(17)13(9)16/h2-7H,17H2,1H3. The van der Waals surface area contributed by atoms with Gasteiger partial charge in [0, 0.05) is 10.6 Å². The molecule has 2 aromatic rings. The molecule has 3 nitrogen and oxygen atoms in total. The molecule has 0 amide bonds. The van der Waals surface area contributed by atoms with Gasteiger partial charge in [0.2, 0.25) is 0 Å². The Kier molecular flexibility index (Phi) is 3.98. The molecule has 2 N–H and O–H groups in total. The Bertz CT molecular complexity index is 641. The minimum atomic E-state index is -0.281. The van der Waals surface area contributed by atoms with Crippen molar-refractivity contribution in [3.8, 4) is 5.75 Å². The SMILES string of the molecule is COc1ccc(Cl)cc1C(=O)c1cccc(N)c1Cl. The van der Waals surface area contributed by atoms with Gasteiger partial charge < -0.3 is 10.5 Å². The highest BCUT2D eigenvalue weighted by atomic mass is 35.5. The number of methoxy groups -OCH3 is 1. The van der Waals surface area contributed by atoms with Gasteiger partial charge in [-0.25, -0.2) is 0 Å². The van der Waals surface area contributed by atoms with Crippen molar-refractivity contribution in [2.45, 2.75) is 0 Å². The minimum Gasteiger partial charge on any atom is -0.496 e. The molecule has 2 aromatic carbocycles. The molecule has 0 heterocycles. The number of benzene rings is 2. The third-order valence-corrected chi connectivity index (χ3v) is 3.34. The molecule has 2 rings (SSSR count). The molecule has 0 aliphatic carbocycles. The van der Waals surface area contributed by atoms with Gasteiger partial charge in [0.05, 0.1) is 23.4 Å². The summed E-state index contributed by atoms with van der Waals surface area (Å²) in [4.78, 5) is 12.5. The van der Waals surface area contributed by atoms with E-state index in [1.807, 2.05) is 0 Å². The van der Waals surface area contributed by atoms with Crippen molar-refractivity contribution in [2.75, 3.05) is 12.8 Å². The van der Waals surface area contributed by atoms with Gasteiger partial charge in [0.1, 0.15) is 5.75 Å². The number of anilines is 1. The van der Waals surface area contributed by atoms with Gasteiger partial charge in [-0.05, 0) is 30.3 Å². The van der Waals surface area contributed by atoms with Crippen molar-refractivity contribution in [2.24, 2.45) is 0 Å². The first-order valence-corrected chi connectivity index (χ1v) is 6.22. The van der Waals surface area contributed by atoms with Crippen LogP contribution < -0.4 is 10.5 Å².